The molecule has 1 atom stereocenters. The largest absolute Gasteiger partial charge is 0.481 e. The van der Waals surface area contributed by atoms with Crippen molar-refractivity contribution < 1.29 is 31.5 Å². The van der Waals surface area contributed by atoms with Gasteiger partial charge in [-0.05, 0) is 80.3 Å². The van der Waals surface area contributed by atoms with Gasteiger partial charge in [-0.1, -0.05) is 6.07 Å². The van der Waals surface area contributed by atoms with Crippen molar-refractivity contribution in [3.63, 3.8) is 0 Å². The number of aliphatic carboxylic acids is 1. The number of rotatable bonds is 13. The summed E-state index contributed by atoms with van der Waals surface area (Å²) in [6.07, 6.45) is 3.16. The molecule has 1 unspecified atom stereocenters. The predicted molar refractivity (Wildman–Crippen MR) is 113 cm³/mol. The molecule has 1 heterocycles. The van der Waals surface area contributed by atoms with Gasteiger partial charge < -0.3 is 5.11 Å². The molecular formula is C22H27F3N2O4S. The molecule has 0 saturated heterocycles. The summed E-state index contributed by atoms with van der Waals surface area (Å²) in [5.74, 6) is -0.620. The Morgan fingerprint density at radius 2 is 1.75 bits per heavy atom. The summed E-state index contributed by atoms with van der Waals surface area (Å²) in [5, 5.41) is 8.86. The summed E-state index contributed by atoms with van der Waals surface area (Å²) in [6, 6.07) is 7.18. The summed E-state index contributed by atoms with van der Waals surface area (Å²) in [5.41, 5.74) is 0.174. The highest BCUT2D eigenvalue weighted by Crippen LogP contribution is 2.29. The second-order valence-corrected chi connectivity index (χ2v) is 9.38. The van der Waals surface area contributed by atoms with Crippen molar-refractivity contribution >= 4 is 16.0 Å². The molecule has 0 saturated carbocycles. The van der Waals surface area contributed by atoms with Gasteiger partial charge in [0.2, 0.25) is 10.0 Å². The fraction of sp³-hybridized carbons (Fsp3) is 0.455. The molecular weight excluding hydrogens is 445 g/mol. The maximum Gasteiger partial charge on any atom is 0.416 e. The van der Waals surface area contributed by atoms with E-state index in [0.717, 1.165) is 49.1 Å². The quantitative estimate of drug-likeness (QED) is 0.413. The molecule has 0 aliphatic rings. The third-order valence-corrected chi connectivity index (χ3v) is 6.62. The van der Waals surface area contributed by atoms with Crippen LogP contribution in [0.2, 0.25) is 0 Å². The van der Waals surface area contributed by atoms with Crippen molar-refractivity contribution in [3.05, 3.63) is 59.9 Å². The van der Waals surface area contributed by atoms with Crippen LogP contribution in [0.15, 0.2) is 53.7 Å². The Morgan fingerprint density at radius 3 is 2.34 bits per heavy atom. The van der Waals surface area contributed by atoms with Gasteiger partial charge >= 0.3 is 12.1 Å². The fourth-order valence-corrected chi connectivity index (χ4v) is 4.47. The molecule has 1 aromatic carbocycles. The van der Waals surface area contributed by atoms with Crippen molar-refractivity contribution in [2.75, 3.05) is 6.54 Å². The number of pyridine rings is 1. The Kier molecular flexibility index (Phi) is 9.64. The molecule has 0 bridgehead atoms. The maximum absolute atomic E-state index is 12.6. The molecule has 0 aliphatic heterocycles. The van der Waals surface area contributed by atoms with Crippen LogP contribution in [0.4, 0.5) is 13.2 Å². The van der Waals surface area contributed by atoms with Crippen molar-refractivity contribution in [2.24, 2.45) is 5.92 Å². The van der Waals surface area contributed by atoms with Crippen LogP contribution in [-0.4, -0.2) is 31.0 Å². The van der Waals surface area contributed by atoms with Crippen LogP contribution < -0.4 is 4.72 Å². The minimum atomic E-state index is -4.53. The minimum absolute atomic E-state index is 0.0872. The van der Waals surface area contributed by atoms with Crippen molar-refractivity contribution in [1.82, 2.24) is 9.71 Å². The van der Waals surface area contributed by atoms with E-state index in [1.54, 1.807) is 12.4 Å². The van der Waals surface area contributed by atoms with Gasteiger partial charge in [-0.2, -0.15) is 13.2 Å². The molecule has 2 aromatic rings. The average Bonchev–Trinajstić information content (AvgIpc) is 2.74. The van der Waals surface area contributed by atoms with Crippen LogP contribution in [0.25, 0.3) is 0 Å². The first-order chi connectivity index (χ1) is 15.1. The number of aromatic nitrogens is 1. The van der Waals surface area contributed by atoms with E-state index in [4.69, 9.17) is 5.11 Å². The number of sulfonamides is 1. The number of hydrogen-bond donors (Lipinski definition) is 2. The number of halogens is 3. The van der Waals surface area contributed by atoms with Crippen LogP contribution in [0, 0.1) is 5.92 Å². The second kappa shape index (κ2) is 12.0. The smallest absolute Gasteiger partial charge is 0.416 e. The zero-order chi connectivity index (χ0) is 23.6. The molecule has 1 aromatic heterocycles. The van der Waals surface area contributed by atoms with Gasteiger partial charge in [0.1, 0.15) is 0 Å². The molecule has 0 amide bonds. The third kappa shape index (κ3) is 8.96. The summed E-state index contributed by atoms with van der Waals surface area (Å²) in [4.78, 5) is 14.7. The number of nitrogens with zero attached hydrogens (tertiary/aromatic N) is 1. The molecule has 10 heteroatoms. The van der Waals surface area contributed by atoms with E-state index in [2.05, 4.69) is 9.71 Å². The molecule has 176 valence electrons. The van der Waals surface area contributed by atoms with E-state index in [0.29, 0.717) is 19.3 Å². The summed E-state index contributed by atoms with van der Waals surface area (Å²) >= 11 is 0. The zero-order valence-corrected chi connectivity index (χ0v) is 18.3. The lowest BCUT2D eigenvalue weighted by Crippen LogP contribution is -2.25. The molecule has 0 spiro atoms. The van der Waals surface area contributed by atoms with Crippen LogP contribution >= 0.6 is 0 Å². The van der Waals surface area contributed by atoms with Gasteiger partial charge in [0, 0.05) is 25.4 Å². The number of carbonyl (C=O) groups is 1. The fourth-order valence-electron chi connectivity index (χ4n) is 3.40. The van der Waals surface area contributed by atoms with Crippen molar-refractivity contribution in [1.29, 1.82) is 0 Å². The van der Waals surface area contributed by atoms with Gasteiger partial charge in [0.05, 0.1) is 10.5 Å². The first-order valence-electron chi connectivity index (χ1n) is 10.4. The Balaban J connectivity index is 1.86. The molecule has 0 fully saturated rings. The summed E-state index contributed by atoms with van der Waals surface area (Å²) in [6.45, 7) is 0.145. The van der Waals surface area contributed by atoms with Crippen LogP contribution in [-0.2, 0) is 27.4 Å². The van der Waals surface area contributed by atoms with Gasteiger partial charge in [-0.15, -0.1) is 0 Å². The van der Waals surface area contributed by atoms with Crippen molar-refractivity contribution in [2.45, 2.75) is 56.0 Å². The number of benzene rings is 1. The molecule has 0 aliphatic carbocycles. The number of hydrogen-bond acceptors (Lipinski definition) is 4. The number of carboxylic acids is 1. The number of alkyl halides is 3. The van der Waals surface area contributed by atoms with E-state index in [1.807, 2.05) is 12.1 Å². The van der Waals surface area contributed by atoms with Crippen LogP contribution in [0.3, 0.4) is 0 Å². The predicted octanol–water partition coefficient (Wildman–Crippen LogP) is 4.66. The molecule has 2 N–H and O–H groups in total. The molecule has 32 heavy (non-hydrogen) atoms. The molecule has 2 rings (SSSR count). The third-order valence-electron chi connectivity index (χ3n) is 5.14. The lowest BCUT2D eigenvalue weighted by molar-refractivity contribution is -0.138. The minimum Gasteiger partial charge on any atom is -0.481 e. The van der Waals surface area contributed by atoms with Gasteiger partial charge in [0.25, 0.3) is 0 Å². The Hall–Kier alpha value is -2.46. The summed E-state index contributed by atoms with van der Waals surface area (Å²) < 4.78 is 65.0. The number of aryl methyl sites for hydroxylation is 1. The first-order valence-corrected chi connectivity index (χ1v) is 11.8. The van der Waals surface area contributed by atoms with Gasteiger partial charge in [-0.3, -0.25) is 9.78 Å². The monoisotopic (exact) mass is 472 g/mol. The molecule has 0 radical (unpaired) electrons. The van der Waals surface area contributed by atoms with E-state index < -0.39 is 27.7 Å². The van der Waals surface area contributed by atoms with E-state index in [9.17, 15) is 26.4 Å². The lowest BCUT2D eigenvalue weighted by atomic mass is 9.91. The summed E-state index contributed by atoms with van der Waals surface area (Å²) in [7, 11) is -3.91. The highest BCUT2D eigenvalue weighted by atomic mass is 32.2. The van der Waals surface area contributed by atoms with E-state index in [-0.39, 0.29) is 23.8 Å². The average molecular weight is 473 g/mol. The van der Waals surface area contributed by atoms with E-state index in [1.165, 1.54) is 0 Å². The van der Waals surface area contributed by atoms with Crippen molar-refractivity contribution in [3.8, 4) is 0 Å². The topological polar surface area (TPSA) is 96.4 Å². The lowest BCUT2D eigenvalue weighted by Gasteiger charge is -2.17. The number of nitrogens with one attached hydrogen (secondary N) is 1. The standard InChI is InChI=1S/C22H27F3N2O4S/c23-22(24,25)19-10-12-20(13-11-19)32(30,31)27-15-3-5-17(4-1-7-21(28)29)8-9-18-6-2-14-26-16-18/h2,6,10-14,16-17,27H,1,3-5,7-9,15H2,(H,28,29). The van der Waals surface area contributed by atoms with Crippen LogP contribution in [0.1, 0.15) is 49.7 Å². The Labute approximate surface area is 185 Å². The highest BCUT2D eigenvalue weighted by molar-refractivity contribution is 7.89. The zero-order valence-electron chi connectivity index (χ0n) is 17.5. The Bertz CT molecular complexity index is 949. The number of carboxylic acid groups (broad SMARTS) is 1. The SMILES string of the molecule is O=C(O)CCCC(CCCNS(=O)(=O)c1ccc(C(F)(F)F)cc1)CCc1cccnc1. The normalized spacial score (nSPS) is 13.1. The van der Waals surface area contributed by atoms with E-state index >= 15 is 0 Å². The maximum atomic E-state index is 12.6. The second-order valence-electron chi connectivity index (χ2n) is 7.61. The first kappa shape index (κ1) is 25.8. The molecule has 6 nitrogen and oxygen atoms in total. The Morgan fingerprint density at radius 1 is 1.06 bits per heavy atom. The highest BCUT2D eigenvalue weighted by Gasteiger charge is 2.30. The van der Waals surface area contributed by atoms with Gasteiger partial charge in [0.15, 0.2) is 0 Å². The van der Waals surface area contributed by atoms with Crippen LogP contribution in [0.5, 0.6) is 0 Å². The van der Waals surface area contributed by atoms with Gasteiger partial charge in [-0.25, -0.2) is 13.1 Å².